The lowest BCUT2D eigenvalue weighted by Crippen LogP contribution is -2.14. The number of sulfonamides is 1. The largest absolute Gasteiger partial charge is 0.289 e. The van der Waals surface area contributed by atoms with Gasteiger partial charge in [0, 0.05) is 11.1 Å². The van der Waals surface area contributed by atoms with E-state index in [-0.39, 0.29) is 16.4 Å². The number of nitrogens with zero attached hydrogens (tertiary/aromatic N) is 1. The van der Waals surface area contributed by atoms with E-state index in [1.165, 1.54) is 12.2 Å². The molecule has 0 amide bonds. The number of hydrogen-bond donors (Lipinski definition) is 0. The predicted octanol–water partition coefficient (Wildman–Crippen LogP) is 2.76. The maximum atomic E-state index is 12.9. The quantitative estimate of drug-likeness (QED) is 0.856. The molecular formula is C16H10FNO3S. The van der Waals surface area contributed by atoms with Crippen molar-refractivity contribution in [2.45, 2.75) is 4.90 Å². The molecule has 2 aromatic carbocycles. The molecule has 0 fully saturated rings. The molecule has 0 radical (unpaired) electrons. The van der Waals surface area contributed by atoms with Crippen molar-refractivity contribution in [1.29, 1.82) is 0 Å². The first-order valence-electron chi connectivity index (χ1n) is 6.40. The van der Waals surface area contributed by atoms with Gasteiger partial charge in [-0.1, -0.05) is 24.3 Å². The summed E-state index contributed by atoms with van der Waals surface area (Å²) in [5, 5.41) is 0. The number of hydrogen-bond acceptors (Lipinski definition) is 3. The Hall–Kier alpha value is -2.60. The van der Waals surface area contributed by atoms with Gasteiger partial charge in [-0.2, -0.15) is 12.8 Å². The van der Waals surface area contributed by atoms with Crippen LogP contribution in [0.5, 0.6) is 0 Å². The summed E-state index contributed by atoms with van der Waals surface area (Å²) in [7, 11) is -3.98. The third-order valence-electron chi connectivity index (χ3n) is 3.19. The average Bonchev–Trinajstić information content (AvgIpc) is 2.51. The van der Waals surface area contributed by atoms with E-state index in [0.29, 0.717) is 11.1 Å². The molecule has 6 heteroatoms. The van der Waals surface area contributed by atoms with E-state index in [2.05, 4.69) is 4.40 Å². The van der Waals surface area contributed by atoms with Gasteiger partial charge in [-0.05, 0) is 36.4 Å². The SMILES string of the molecule is O=C1C=C/C(=N\S(=O)(=O)c2ccc(F)cc2)c2ccccc21. The fourth-order valence-electron chi connectivity index (χ4n) is 2.12. The van der Waals surface area contributed by atoms with Crippen molar-refractivity contribution in [2.75, 3.05) is 0 Å². The van der Waals surface area contributed by atoms with Crippen molar-refractivity contribution in [3.63, 3.8) is 0 Å². The number of benzene rings is 2. The van der Waals surface area contributed by atoms with Crippen LogP contribution < -0.4 is 0 Å². The number of halogens is 1. The summed E-state index contributed by atoms with van der Waals surface area (Å²) in [4.78, 5) is 11.7. The molecule has 110 valence electrons. The second-order valence-corrected chi connectivity index (χ2v) is 6.25. The Morgan fingerprint density at radius 3 is 2.18 bits per heavy atom. The van der Waals surface area contributed by atoms with E-state index in [9.17, 15) is 17.6 Å². The summed E-state index contributed by atoms with van der Waals surface area (Å²) < 4.78 is 41.2. The molecule has 0 N–H and O–H groups in total. The maximum Gasteiger partial charge on any atom is 0.282 e. The molecule has 0 spiro atoms. The van der Waals surface area contributed by atoms with E-state index >= 15 is 0 Å². The van der Waals surface area contributed by atoms with Gasteiger partial charge in [0.25, 0.3) is 10.0 Å². The minimum atomic E-state index is -3.98. The van der Waals surface area contributed by atoms with Crippen molar-refractivity contribution in [2.24, 2.45) is 4.40 Å². The van der Waals surface area contributed by atoms with Crippen LogP contribution in [0, 0.1) is 5.82 Å². The molecule has 0 saturated heterocycles. The molecule has 1 aliphatic rings. The van der Waals surface area contributed by atoms with Crippen LogP contribution in [-0.2, 0) is 10.0 Å². The van der Waals surface area contributed by atoms with Crippen LogP contribution in [0.3, 0.4) is 0 Å². The normalized spacial score (nSPS) is 15.9. The van der Waals surface area contributed by atoms with Gasteiger partial charge in [0.1, 0.15) is 5.82 Å². The Morgan fingerprint density at radius 1 is 0.864 bits per heavy atom. The van der Waals surface area contributed by atoms with Crippen LogP contribution in [0.2, 0.25) is 0 Å². The van der Waals surface area contributed by atoms with Crippen LogP contribution in [-0.4, -0.2) is 19.9 Å². The highest BCUT2D eigenvalue weighted by Gasteiger charge is 2.20. The monoisotopic (exact) mass is 315 g/mol. The summed E-state index contributed by atoms with van der Waals surface area (Å²) in [5.41, 5.74) is 1.04. The zero-order valence-electron chi connectivity index (χ0n) is 11.2. The highest BCUT2D eigenvalue weighted by Crippen LogP contribution is 2.20. The molecule has 0 unspecified atom stereocenters. The number of carbonyl (C=O) groups is 1. The summed E-state index contributed by atoms with van der Waals surface area (Å²) in [6, 6.07) is 11.1. The lowest BCUT2D eigenvalue weighted by atomic mass is 9.95. The molecule has 3 rings (SSSR count). The van der Waals surface area contributed by atoms with E-state index in [1.54, 1.807) is 24.3 Å². The van der Waals surface area contributed by atoms with Gasteiger partial charge >= 0.3 is 0 Å². The number of rotatable bonds is 2. The third kappa shape index (κ3) is 2.60. The van der Waals surface area contributed by atoms with Gasteiger partial charge < -0.3 is 0 Å². The smallest absolute Gasteiger partial charge is 0.282 e. The van der Waals surface area contributed by atoms with Crippen LogP contribution >= 0.6 is 0 Å². The summed E-state index contributed by atoms with van der Waals surface area (Å²) >= 11 is 0. The molecule has 0 aromatic heterocycles. The van der Waals surface area contributed by atoms with Crippen LogP contribution in [0.15, 0.2) is 70.0 Å². The van der Waals surface area contributed by atoms with Crippen molar-refractivity contribution in [3.8, 4) is 0 Å². The minimum Gasteiger partial charge on any atom is -0.289 e. The Balaban J connectivity index is 2.10. The van der Waals surface area contributed by atoms with Gasteiger partial charge in [-0.15, -0.1) is 0 Å². The molecule has 1 aliphatic carbocycles. The lowest BCUT2D eigenvalue weighted by molar-refractivity contribution is 0.104. The average molecular weight is 315 g/mol. The van der Waals surface area contributed by atoms with Crippen molar-refractivity contribution < 1.29 is 17.6 Å². The van der Waals surface area contributed by atoms with E-state index in [4.69, 9.17) is 0 Å². The van der Waals surface area contributed by atoms with Crippen molar-refractivity contribution in [3.05, 3.63) is 77.6 Å². The Morgan fingerprint density at radius 2 is 1.50 bits per heavy atom. The van der Waals surface area contributed by atoms with Gasteiger partial charge in [-0.25, -0.2) is 4.39 Å². The fraction of sp³-hybridized carbons (Fsp3) is 0. The van der Waals surface area contributed by atoms with Crippen LogP contribution in [0.1, 0.15) is 15.9 Å². The zero-order valence-corrected chi connectivity index (χ0v) is 12.0. The van der Waals surface area contributed by atoms with Crippen molar-refractivity contribution >= 4 is 21.5 Å². The summed E-state index contributed by atoms with van der Waals surface area (Å²) in [6.07, 6.45) is 2.65. The maximum absolute atomic E-state index is 12.9. The summed E-state index contributed by atoms with van der Waals surface area (Å²) in [5.74, 6) is -0.728. The molecule has 0 saturated carbocycles. The standard InChI is InChI=1S/C16H10FNO3S/c17-11-5-7-12(8-6-11)22(20,21)18-15-9-10-16(19)14-4-2-1-3-13(14)15/h1-10H/b18-15+. The topological polar surface area (TPSA) is 63.6 Å². The fourth-order valence-corrected chi connectivity index (χ4v) is 3.13. The zero-order chi connectivity index (χ0) is 15.7. The number of allylic oxidation sites excluding steroid dienone is 2. The van der Waals surface area contributed by atoms with E-state index in [0.717, 1.165) is 24.3 Å². The van der Waals surface area contributed by atoms with Gasteiger partial charge in [-0.3, -0.25) is 4.79 Å². The first-order valence-corrected chi connectivity index (χ1v) is 7.84. The highest BCUT2D eigenvalue weighted by atomic mass is 32.2. The molecule has 22 heavy (non-hydrogen) atoms. The van der Waals surface area contributed by atoms with Gasteiger partial charge in [0.05, 0.1) is 10.6 Å². The third-order valence-corrected chi connectivity index (χ3v) is 4.50. The molecule has 0 aliphatic heterocycles. The van der Waals surface area contributed by atoms with E-state index < -0.39 is 15.8 Å². The van der Waals surface area contributed by atoms with Crippen LogP contribution in [0.25, 0.3) is 0 Å². The molecule has 4 nitrogen and oxygen atoms in total. The van der Waals surface area contributed by atoms with E-state index in [1.807, 2.05) is 0 Å². The molecule has 2 aromatic rings. The van der Waals surface area contributed by atoms with Gasteiger partial charge in [0.2, 0.25) is 0 Å². The second-order valence-electron chi connectivity index (χ2n) is 4.65. The minimum absolute atomic E-state index is 0.107. The molecule has 0 heterocycles. The van der Waals surface area contributed by atoms with Crippen molar-refractivity contribution in [1.82, 2.24) is 0 Å². The first kappa shape index (κ1) is 14.3. The molecular weight excluding hydrogens is 305 g/mol. The Bertz CT molecular complexity index is 913. The molecule has 0 atom stereocenters. The highest BCUT2D eigenvalue weighted by molar-refractivity contribution is 7.90. The summed E-state index contributed by atoms with van der Waals surface area (Å²) in [6.45, 7) is 0. The lowest BCUT2D eigenvalue weighted by Gasteiger charge is -2.11. The Kier molecular flexibility index (Phi) is 3.46. The molecule has 0 bridgehead atoms. The number of fused-ring (bicyclic) bond motifs is 1. The number of ketones is 1. The number of carbonyl (C=O) groups excluding carboxylic acids is 1. The Labute approximate surface area is 126 Å². The van der Waals surface area contributed by atoms with Gasteiger partial charge in [0.15, 0.2) is 5.78 Å². The first-order chi connectivity index (χ1) is 10.5. The van der Waals surface area contributed by atoms with Crippen LogP contribution in [0.4, 0.5) is 4.39 Å². The second kappa shape index (κ2) is 5.31. The predicted molar refractivity (Wildman–Crippen MR) is 80.0 cm³/mol.